The van der Waals surface area contributed by atoms with Crippen molar-refractivity contribution in [2.75, 3.05) is 0 Å². The number of carbonyl (C=O) groups is 2. The third-order valence-corrected chi connectivity index (χ3v) is 8.12. The summed E-state index contributed by atoms with van der Waals surface area (Å²) in [7, 11) is 0. The van der Waals surface area contributed by atoms with Gasteiger partial charge in [-0.1, -0.05) is 23.7 Å². The zero-order valence-electron chi connectivity index (χ0n) is 25.6. The van der Waals surface area contributed by atoms with Gasteiger partial charge in [0, 0.05) is 23.9 Å². The first-order chi connectivity index (χ1) is 24.2. The molecule has 0 saturated heterocycles. The van der Waals surface area contributed by atoms with Crippen LogP contribution in [0.1, 0.15) is 43.2 Å². The number of nitrogens with zero attached hydrogens (tertiary/aromatic N) is 2. The molecule has 2 heterocycles. The van der Waals surface area contributed by atoms with E-state index in [-0.39, 0.29) is 57.4 Å². The van der Waals surface area contributed by atoms with E-state index in [1.165, 1.54) is 18.2 Å². The number of fused-ring (bicyclic) bond motifs is 2. The van der Waals surface area contributed by atoms with E-state index in [0.717, 1.165) is 51.6 Å². The summed E-state index contributed by atoms with van der Waals surface area (Å²) in [6.07, 6.45) is -9.58. The van der Waals surface area contributed by atoms with Crippen LogP contribution < -0.4 is 0 Å². The molecule has 8 nitrogen and oxygen atoms in total. The first-order valence-electron chi connectivity index (χ1n) is 14.4. The van der Waals surface area contributed by atoms with Crippen LogP contribution >= 0.6 is 11.6 Å². The number of hydrogen-bond donors (Lipinski definition) is 4. The summed E-state index contributed by atoms with van der Waals surface area (Å²) >= 11 is 5.58. The van der Waals surface area contributed by atoms with Crippen LogP contribution in [0.5, 0.6) is 11.5 Å². The highest BCUT2D eigenvalue weighted by Gasteiger charge is 2.35. The monoisotopic (exact) mass is 758 g/mol. The number of carboxylic acid groups (broad SMARTS) is 2. The van der Waals surface area contributed by atoms with Crippen molar-refractivity contribution in [1.29, 1.82) is 0 Å². The lowest BCUT2D eigenvalue weighted by Gasteiger charge is -2.13. The fourth-order valence-electron chi connectivity index (χ4n) is 5.41. The van der Waals surface area contributed by atoms with Crippen LogP contribution in [0.2, 0.25) is 5.02 Å². The maximum atomic E-state index is 14.0. The van der Waals surface area contributed by atoms with Gasteiger partial charge in [-0.25, -0.2) is 22.8 Å². The van der Waals surface area contributed by atoms with Gasteiger partial charge in [0.2, 0.25) is 0 Å². The Labute approximate surface area is 289 Å². The molecule has 0 bridgehead atoms. The minimum absolute atomic E-state index is 0.0211. The van der Waals surface area contributed by atoms with E-state index in [0.29, 0.717) is 12.1 Å². The SMILES string of the molecule is O=C(O)c1cc2c(F)c(O)ccc2n1Cc1ccc(Cl)c(C(F)(F)F)c1.O=C(O)c1cc2c(F)c(O)ccc2n1Cc1ccc(F)c(C(F)(F)F)c1. The van der Waals surface area contributed by atoms with Crippen molar-refractivity contribution >= 4 is 45.3 Å². The highest BCUT2D eigenvalue weighted by Crippen LogP contribution is 2.37. The van der Waals surface area contributed by atoms with E-state index in [1.54, 1.807) is 0 Å². The maximum Gasteiger partial charge on any atom is 0.419 e. The largest absolute Gasteiger partial charge is 0.505 e. The summed E-state index contributed by atoms with van der Waals surface area (Å²) in [5.41, 5.74) is -2.93. The summed E-state index contributed by atoms with van der Waals surface area (Å²) in [6, 6.07) is 12.1. The minimum Gasteiger partial charge on any atom is -0.505 e. The second kappa shape index (κ2) is 13.7. The molecular weight excluding hydrogens is 739 g/mol. The lowest BCUT2D eigenvalue weighted by Crippen LogP contribution is -2.12. The summed E-state index contributed by atoms with van der Waals surface area (Å²) in [5.74, 6) is -7.66. The van der Waals surface area contributed by atoms with Crippen LogP contribution in [0.4, 0.5) is 39.5 Å². The Balaban J connectivity index is 0.000000201. The molecule has 0 saturated carbocycles. The van der Waals surface area contributed by atoms with Gasteiger partial charge in [-0.05, 0) is 71.8 Å². The molecule has 0 spiro atoms. The Bertz CT molecular complexity index is 2220. The maximum absolute atomic E-state index is 14.0. The average molecular weight is 759 g/mol. The van der Waals surface area contributed by atoms with Gasteiger partial charge in [-0.3, -0.25) is 0 Å². The number of aromatic carboxylic acids is 2. The predicted octanol–water partition coefficient (Wildman–Crippen LogP) is 9.30. The van der Waals surface area contributed by atoms with Gasteiger partial charge in [0.05, 0.1) is 27.2 Å². The molecule has 0 amide bonds. The normalized spacial score (nSPS) is 11.9. The number of alkyl halides is 6. The zero-order chi connectivity index (χ0) is 38.4. The molecule has 0 aliphatic carbocycles. The van der Waals surface area contributed by atoms with E-state index in [9.17, 15) is 69.5 Å². The second-order valence-corrected chi connectivity index (χ2v) is 11.5. The number of halogens is 10. The van der Waals surface area contributed by atoms with Crippen molar-refractivity contribution in [3.8, 4) is 11.5 Å². The molecule has 0 atom stereocenters. The number of hydrogen-bond acceptors (Lipinski definition) is 4. The predicted molar refractivity (Wildman–Crippen MR) is 167 cm³/mol. The van der Waals surface area contributed by atoms with Gasteiger partial charge in [0.15, 0.2) is 23.1 Å². The number of carboxylic acids is 2. The summed E-state index contributed by atoms with van der Waals surface area (Å²) in [5, 5.41) is 36.6. The Kier molecular flexibility index (Phi) is 9.86. The van der Waals surface area contributed by atoms with Crippen LogP contribution in [0.15, 0.2) is 72.8 Å². The van der Waals surface area contributed by atoms with Crippen molar-refractivity contribution in [3.63, 3.8) is 0 Å². The van der Waals surface area contributed by atoms with Crippen LogP contribution in [-0.2, 0) is 25.4 Å². The van der Waals surface area contributed by atoms with Gasteiger partial charge >= 0.3 is 24.3 Å². The molecule has 0 aliphatic rings. The molecule has 4 aromatic carbocycles. The molecule has 2 aromatic heterocycles. The van der Waals surface area contributed by atoms with Gasteiger partial charge < -0.3 is 29.6 Å². The highest BCUT2D eigenvalue weighted by atomic mass is 35.5. The minimum atomic E-state index is -4.91. The van der Waals surface area contributed by atoms with E-state index in [2.05, 4.69) is 0 Å². The van der Waals surface area contributed by atoms with Crippen molar-refractivity contribution in [2.24, 2.45) is 0 Å². The quantitative estimate of drug-likeness (QED) is 0.126. The topological polar surface area (TPSA) is 125 Å². The highest BCUT2D eigenvalue weighted by molar-refractivity contribution is 6.31. The van der Waals surface area contributed by atoms with E-state index in [1.807, 2.05) is 0 Å². The number of phenols is 2. The van der Waals surface area contributed by atoms with Crippen molar-refractivity contribution in [3.05, 3.63) is 129 Å². The molecule has 272 valence electrons. The Morgan fingerprint density at radius 1 is 0.596 bits per heavy atom. The van der Waals surface area contributed by atoms with E-state index >= 15 is 0 Å². The molecule has 6 aromatic rings. The summed E-state index contributed by atoms with van der Waals surface area (Å²) < 4.78 is 121. The first kappa shape index (κ1) is 37.4. The van der Waals surface area contributed by atoms with Crippen LogP contribution in [0, 0.1) is 17.5 Å². The number of benzene rings is 4. The number of aromatic nitrogens is 2. The molecule has 6 rings (SSSR count). The molecule has 0 fully saturated rings. The standard InChI is InChI=1S/C17H10ClF4NO3.C17H10F5NO3/c2*18-11-2-1-8(5-10(11)17(20,21)22)7-23-12-3-4-14(24)15(19)9(12)6-13(23)16(25)26/h2*1-6,24H,7H2,(H,25,26). The van der Waals surface area contributed by atoms with Gasteiger partial charge in [0.1, 0.15) is 17.2 Å². The molecule has 18 heteroatoms. The van der Waals surface area contributed by atoms with Crippen LogP contribution in [0.25, 0.3) is 21.8 Å². The molecule has 0 aliphatic heterocycles. The van der Waals surface area contributed by atoms with Crippen LogP contribution in [-0.4, -0.2) is 41.5 Å². The lowest BCUT2D eigenvalue weighted by atomic mass is 10.1. The summed E-state index contributed by atoms with van der Waals surface area (Å²) in [4.78, 5) is 22.9. The molecule has 0 radical (unpaired) electrons. The molecule has 0 unspecified atom stereocenters. The summed E-state index contributed by atoms with van der Waals surface area (Å²) in [6.45, 7) is -0.617. The van der Waals surface area contributed by atoms with Gasteiger partial charge in [-0.2, -0.15) is 26.3 Å². The van der Waals surface area contributed by atoms with Gasteiger partial charge in [-0.15, -0.1) is 0 Å². The molecule has 4 N–H and O–H groups in total. The second-order valence-electron chi connectivity index (χ2n) is 11.1. The van der Waals surface area contributed by atoms with Gasteiger partial charge in [0.25, 0.3) is 0 Å². The first-order valence-corrected chi connectivity index (χ1v) is 14.8. The fraction of sp³-hybridized carbons (Fsp3) is 0.118. The zero-order valence-corrected chi connectivity index (χ0v) is 26.4. The smallest absolute Gasteiger partial charge is 0.419 e. The third-order valence-electron chi connectivity index (χ3n) is 7.79. The van der Waals surface area contributed by atoms with Crippen LogP contribution in [0.3, 0.4) is 0 Å². The number of phenolic OH excluding ortho intramolecular Hbond substituents is 2. The fourth-order valence-corrected chi connectivity index (χ4v) is 5.64. The Morgan fingerprint density at radius 2 is 1.00 bits per heavy atom. The van der Waals surface area contributed by atoms with Crippen molar-refractivity contribution < 1.29 is 69.5 Å². The molecule has 52 heavy (non-hydrogen) atoms. The Hall–Kier alpha value is -5.84. The number of rotatable bonds is 6. The number of aromatic hydroxyl groups is 2. The van der Waals surface area contributed by atoms with Crippen molar-refractivity contribution in [2.45, 2.75) is 25.4 Å². The van der Waals surface area contributed by atoms with E-state index in [4.69, 9.17) is 11.6 Å². The Morgan fingerprint density at radius 3 is 1.40 bits per heavy atom. The van der Waals surface area contributed by atoms with E-state index < -0.39 is 69.4 Å². The molecular formula is C34H20ClF9N2O6. The van der Waals surface area contributed by atoms with Crippen molar-refractivity contribution in [1.82, 2.24) is 9.13 Å². The lowest BCUT2D eigenvalue weighted by molar-refractivity contribution is -0.140. The average Bonchev–Trinajstić information content (AvgIpc) is 3.61. The third kappa shape index (κ3) is 7.30.